The van der Waals surface area contributed by atoms with E-state index in [2.05, 4.69) is 74.0 Å². The van der Waals surface area contributed by atoms with Crippen molar-refractivity contribution >= 4 is 23.4 Å². The number of H-pyrrole nitrogens is 1. The number of imidazole rings is 1. The van der Waals surface area contributed by atoms with E-state index in [9.17, 15) is 4.79 Å². The second-order valence-corrected chi connectivity index (χ2v) is 12.0. The number of nitrogens with zero attached hydrogens (tertiary/aromatic N) is 3. The monoisotopic (exact) mass is 477 g/mol. The number of carbonyl (C=O) groups excluding carboxylic acids is 1. The van der Waals surface area contributed by atoms with Gasteiger partial charge in [0.1, 0.15) is 0 Å². The number of hydrogen-bond donors (Lipinski definition) is 2. The molecule has 0 aromatic carbocycles. The molecule has 35 heavy (non-hydrogen) atoms. The highest BCUT2D eigenvalue weighted by molar-refractivity contribution is 6.03. The van der Waals surface area contributed by atoms with Crippen LogP contribution < -0.4 is 5.32 Å². The third-order valence-corrected chi connectivity index (χ3v) is 6.97. The summed E-state index contributed by atoms with van der Waals surface area (Å²) in [5, 5.41) is 3.06. The molecule has 2 N–H and O–H groups in total. The van der Waals surface area contributed by atoms with Gasteiger partial charge in [-0.3, -0.25) is 14.8 Å². The number of ether oxygens (including phenoxy) is 1. The molecule has 0 radical (unpaired) electrons. The lowest BCUT2D eigenvalue weighted by Crippen LogP contribution is -2.44. The van der Waals surface area contributed by atoms with Crippen LogP contribution in [-0.2, 0) is 4.74 Å². The number of rotatable bonds is 5. The molecule has 7 heteroatoms. The van der Waals surface area contributed by atoms with E-state index >= 15 is 0 Å². The van der Waals surface area contributed by atoms with E-state index in [0.29, 0.717) is 11.6 Å². The molecule has 188 valence electrons. The lowest BCUT2D eigenvalue weighted by Gasteiger charge is -2.45. The van der Waals surface area contributed by atoms with E-state index in [1.54, 1.807) is 19.5 Å². The summed E-state index contributed by atoms with van der Waals surface area (Å²) in [6.07, 6.45) is 10.4. The highest BCUT2D eigenvalue weighted by Crippen LogP contribution is 2.44. The van der Waals surface area contributed by atoms with Gasteiger partial charge in [0.05, 0.1) is 34.5 Å². The Bertz CT molecular complexity index is 1140. The smallest absolute Gasteiger partial charge is 0.291 e. The topological polar surface area (TPSA) is 92.3 Å². The largest absolute Gasteiger partial charge is 0.370 e. The second-order valence-electron chi connectivity index (χ2n) is 12.0. The first-order chi connectivity index (χ1) is 16.4. The number of pyridine rings is 1. The number of aliphatic imine (C=N–C) groups is 1. The Labute approximate surface area is 208 Å². The minimum atomic E-state index is -0.290. The lowest BCUT2D eigenvalue weighted by atomic mass is 9.77. The summed E-state index contributed by atoms with van der Waals surface area (Å²) in [6.45, 7) is 13.2. The van der Waals surface area contributed by atoms with Crippen molar-refractivity contribution in [1.82, 2.24) is 15.0 Å². The number of carbonyl (C=O) groups is 1. The quantitative estimate of drug-likeness (QED) is 0.505. The van der Waals surface area contributed by atoms with Crippen LogP contribution in [0.1, 0.15) is 107 Å². The SMILES string of the molecule is CN=Cc1cnc(C(=O)Nc2ccc(C3CC(C)(C)OC(C)(C)C3)nc2C2=CCC(C)(C)CC2)[nH]1. The maximum Gasteiger partial charge on any atom is 0.291 e. The van der Waals surface area contributed by atoms with Crippen LogP contribution in [0.4, 0.5) is 5.69 Å². The summed E-state index contributed by atoms with van der Waals surface area (Å²) in [5.41, 5.74) is 4.39. The van der Waals surface area contributed by atoms with Crippen LogP contribution in [0.15, 0.2) is 29.4 Å². The van der Waals surface area contributed by atoms with E-state index < -0.39 is 0 Å². The molecule has 0 saturated carbocycles. The molecule has 4 rings (SSSR count). The third kappa shape index (κ3) is 6.07. The van der Waals surface area contributed by atoms with Gasteiger partial charge in [-0.1, -0.05) is 19.9 Å². The molecule has 1 aliphatic heterocycles. The van der Waals surface area contributed by atoms with Crippen LogP contribution in [0.5, 0.6) is 0 Å². The second kappa shape index (κ2) is 9.34. The number of hydrogen-bond acceptors (Lipinski definition) is 5. The molecular formula is C28H39N5O2. The molecule has 1 aliphatic carbocycles. The average Bonchev–Trinajstić information content (AvgIpc) is 3.21. The normalized spacial score (nSPS) is 21.6. The Morgan fingerprint density at radius 2 is 1.89 bits per heavy atom. The van der Waals surface area contributed by atoms with E-state index in [4.69, 9.17) is 9.72 Å². The fourth-order valence-electron chi connectivity index (χ4n) is 5.48. The Morgan fingerprint density at radius 1 is 1.17 bits per heavy atom. The molecular weight excluding hydrogens is 438 g/mol. The van der Waals surface area contributed by atoms with Gasteiger partial charge in [-0.05, 0) is 82.9 Å². The zero-order valence-corrected chi connectivity index (χ0v) is 22.2. The number of nitrogens with one attached hydrogen (secondary N) is 2. The summed E-state index contributed by atoms with van der Waals surface area (Å²) in [5.74, 6) is 0.252. The molecule has 2 aliphatic rings. The van der Waals surface area contributed by atoms with Crippen molar-refractivity contribution in [3.63, 3.8) is 0 Å². The van der Waals surface area contributed by atoms with Gasteiger partial charge in [-0.25, -0.2) is 4.98 Å². The van der Waals surface area contributed by atoms with Gasteiger partial charge in [0.15, 0.2) is 5.82 Å². The zero-order valence-electron chi connectivity index (χ0n) is 22.2. The van der Waals surface area contributed by atoms with E-state index in [1.165, 1.54) is 5.57 Å². The molecule has 7 nitrogen and oxygen atoms in total. The number of aromatic nitrogens is 3. The third-order valence-electron chi connectivity index (χ3n) is 6.97. The van der Waals surface area contributed by atoms with Crippen LogP contribution in [0, 0.1) is 5.41 Å². The van der Waals surface area contributed by atoms with E-state index in [-0.39, 0.29) is 28.3 Å². The predicted octanol–water partition coefficient (Wildman–Crippen LogP) is 6.15. The minimum Gasteiger partial charge on any atom is -0.370 e. The van der Waals surface area contributed by atoms with Crippen LogP contribution in [0.25, 0.3) is 5.57 Å². The van der Waals surface area contributed by atoms with Crippen molar-refractivity contribution in [2.24, 2.45) is 10.4 Å². The van der Waals surface area contributed by atoms with Crippen molar-refractivity contribution in [2.75, 3.05) is 12.4 Å². The van der Waals surface area contributed by atoms with Crippen LogP contribution in [-0.4, -0.2) is 45.3 Å². The Balaban J connectivity index is 1.68. The van der Waals surface area contributed by atoms with Gasteiger partial charge in [0, 0.05) is 24.9 Å². The van der Waals surface area contributed by atoms with Crippen molar-refractivity contribution in [2.45, 2.75) is 90.8 Å². The first-order valence-electron chi connectivity index (χ1n) is 12.6. The molecule has 0 bridgehead atoms. The Kier molecular flexibility index (Phi) is 6.75. The van der Waals surface area contributed by atoms with Gasteiger partial charge in [-0.15, -0.1) is 0 Å². The van der Waals surface area contributed by atoms with Crippen molar-refractivity contribution in [3.05, 3.63) is 47.3 Å². The zero-order chi connectivity index (χ0) is 25.4. The summed E-state index contributed by atoms with van der Waals surface area (Å²) >= 11 is 0. The maximum atomic E-state index is 13.0. The van der Waals surface area contributed by atoms with Crippen molar-refractivity contribution in [1.29, 1.82) is 0 Å². The standard InChI is InChI=1S/C28H39N5O2/c1-26(2)12-10-18(11-13-26)23-22(33-25(34)24-30-17-20(31-24)16-29-7)9-8-21(32-23)19-14-27(3,4)35-28(5,6)15-19/h8-10,16-17,19H,11-15H2,1-7H3,(H,30,31)(H,33,34). The molecule has 2 aromatic heterocycles. The molecule has 1 saturated heterocycles. The summed E-state index contributed by atoms with van der Waals surface area (Å²) in [4.78, 5) is 29.4. The van der Waals surface area contributed by atoms with Gasteiger partial charge in [0.25, 0.3) is 5.91 Å². The fourth-order valence-corrected chi connectivity index (χ4v) is 5.48. The molecule has 0 atom stereocenters. The number of anilines is 1. The Hall–Kier alpha value is -2.80. The highest BCUT2D eigenvalue weighted by Gasteiger charge is 2.40. The number of amides is 1. The number of allylic oxidation sites excluding steroid dienone is 2. The van der Waals surface area contributed by atoms with Gasteiger partial charge in [-0.2, -0.15) is 0 Å². The fraction of sp³-hybridized carbons (Fsp3) is 0.571. The molecule has 0 spiro atoms. The van der Waals surface area contributed by atoms with Crippen molar-refractivity contribution in [3.8, 4) is 0 Å². The molecule has 1 fully saturated rings. The van der Waals surface area contributed by atoms with Gasteiger partial charge >= 0.3 is 0 Å². The minimum absolute atomic E-state index is 0.214. The van der Waals surface area contributed by atoms with Gasteiger partial charge in [0.2, 0.25) is 0 Å². The van der Waals surface area contributed by atoms with Gasteiger partial charge < -0.3 is 15.0 Å². The van der Waals surface area contributed by atoms with Crippen LogP contribution >= 0.6 is 0 Å². The van der Waals surface area contributed by atoms with Crippen LogP contribution in [0.2, 0.25) is 0 Å². The van der Waals surface area contributed by atoms with E-state index in [1.807, 2.05) is 6.07 Å². The average molecular weight is 478 g/mol. The molecule has 2 aromatic rings. The highest BCUT2D eigenvalue weighted by atomic mass is 16.5. The first kappa shape index (κ1) is 25.3. The summed E-state index contributed by atoms with van der Waals surface area (Å²) in [6, 6.07) is 4.06. The van der Waals surface area contributed by atoms with Crippen molar-refractivity contribution < 1.29 is 9.53 Å². The summed E-state index contributed by atoms with van der Waals surface area (Å²) in [7, 11) is 1.68. The maximum absolute atomic E-state index is 13.0. The molecule has 1 amide bonds. The molecule has 0 unspecified atom stereocenters. The lowest BCUT2D eigenvalue weighted by molar-refractivity contribution is -0.162. The number of aromatic amines is 1. The first-order valence-corrected chi connectivity index (χ1v) is 12.6. The summed E-state index contributed by atoms with van der Waals surface area (Å²) < 4.78 is 6.31. The predicted molar refractivity (Wildman–Crippen MR) is 141 cm³/mol. The Morgan fingerprint density at radius 3 is 2.51 bits per heavy atom. The van der Waals surface area contributed by atoms with E-state index in [0.717, 1.165) is 49.2 Å². The molecule has 3 heterocycles. The van der Waals surface area contributed by atoms with Crippen LogP contribution in [0.3, 0.4) is 0 Å².